The van der Waals surface area contributed by atoms with E-state index in [0.29, 0.717) is 24.5 Å². The molecule has 3 aliphatic rings. The van der Waals surface area contributed by atoms with Crippen LogP contribution in [0.2, 0.25) is 5.02 Å². The van der Waals surface area contributed by atoms with Crippen molar-refractivity contribution in [1.82, 2.24) is 19.6 Å². The van der Waals surface area contributed by atoms with E-state index < -0.39 is 5.72 Å². The second-order valence-electron chi connectivity index (χ2n) is 7.33. The number of carbonyl (C=O) groups excluding carboxylic acids is 2. The topological polar surface area (TPSA) is 67.7 Å². The Bertz CT molecular complexity index is 930. The first-order valence-electron chi connectivity index (χ1n) is 9.03. The molecule has 3 fully saturated rings. The maximum absolute atomic E-state index is 13.0. The zero-order valence-corrected chi connectivity index (χ0v) is 15.6. The lowest BCUT2D eigenvalue weighted by Gasteiger charge is -2.31. The summed E-state index contributed by atoms with van der Waals surface area (Å²) in [5.41, 5.74) is 0.527. The smallest absolute Gasteiger partial charge is 0.276 e. The summed E-state index contributed by atoms with van der Waals surface area (Å²) in [5, 5.41) is 4.51. The SMILES string of the molecule is Cn1cc(Cl)c(C(=O)N2CC[C@@]34O[C@H](c5ccccc5)CN3C(=O)C[C@@H]24)n1. The number of aromatic nitrogens is 2. The summed E-state index contributed by atoms with van der Waals surface area (Å²) in [6.45, 7) is 1.04. The molecular formula is C19H19ClN4O3. The van der Waals surface area contributed by atoms with Crippen LogP contribution in [0, 0.1) is 0 Å². The molecule has 0 saturated carbocycles. The minimum atomic E-state index is -0.742. The molecule has 1 aromatic carbocycles. The summed E-state index contributed by atoms with van der Waals surface area (Å²) < 4.78 is 7.98. The molecule has 0 bridgehead atoms. The molecule has 140 valence electrons. The quantitative estimate of drug-likeness (QED) is 0.791. The van der Waals surface area contributed by atoms with Crippen molar-refractivity contribution in [3.63, 3.8) is 0 Å². The van der Waals surface area contributed by atoms with Crippen molar-refractivity contribution in [2.45, 2.75) is 30.7 Å². The highest BCUT2D eigenvalue weighted by Crippen LogP contribution is 2.50. The fraction of sp³-hybridized carbons (Fsp3) is 0.421. The number of nitrogens with zero attached hydrogens (tertiary/aromatic N) is 4. The van der Waals surface area contributed by atoms with Gasteiger partial charge in [-0.05, 0) is 5.56 Å². The Morgan fingerprint density at radius 3 is 2.81 bits per heavy atom. The van der Waals surface area contributed by atoms with Crippen molar-refractivity contribution >= 4 is 23.4 Å². The van der Waals surface area contributed by atoms with Crippen LogP contribution >= 0.6 is 11.6 Å². The van der Waals surface area contributed by atoms with Crippen LogP contribution in [0.3, 0.4) is 0 Å². The maximum Gasteiger partial charge on any atom is 0.276 e. The van der Waals surface area contributed by atoms with Gasteiger partial charge in [0, 0.05) is 26.2 Å². The molecule has 5 rings (SSSR count). The summed E-state index contributed by atoms with van der Waals surface area (Å²) in [5.74, 6) is -0.216. The van der Waals surface area contributed by atoms with Gasteiger partial charge in [0.05, 0.1) is 24.0 Å². The minimum absolute atomic E-state index is 0.0306. The fourth-order valence-corrected chi connectivity index (χ4v) is 4.91. The van der Waals surface area contributed by atoms with Crippen LogP contribution in [0.1, 0.15) is 35.0 Å². The molecule has 3 atom stereocenters. The molecule has 1 spiro atoms. The van der Waals surface area contributed by atoms with E-state index in [-0.39, 0.29) is 36.1 Å². The molecule has 0 radical (unpaired) electrons. The van der Waals surface area contributed by atoms with Crippen LogP contribution in [0.4, 0.5) is 0 Å². The van der Waals surface area contributed by atoms with Crippen LogP contribution in [-0.4, -0.2) is 56.3 Å². The molecule has 2 aromatic rings. The molecule has 0 unspecified atom stereocenters. The second-order valence-corrected chi connectivity index (χ2v) is 7.74. The van der Waals surface area contributed by atoms with E-state index in [9.17, 15) is 9.59 Å². The van der Waals surface area contributed by atoms with E-state index in [0.717, 1.165) is 5.56 Å². The van der Waals surface area contributed by atoms with E-state index in [1.807, 2.05) is 35.2 Å². The first-order valence-corrected chi connectivity index (χ1v) is 9.41. The van der Waals surface area contributed by atoms with E-state index in [1.165, 1.54) is 4.68 Å². The van der Waals surface area contributed by atoms with Crippen LogP contribution in [0.5, 0.6) is 0 Å². The first-order chi connectivity index (χ1) is 13.0. The largest absolute Gasteiger partial charge is 0.343 e. The van der Waals surface area contributed by atoms with Crippen LogP contribution < -0.4 is 0 Å². The Kier molecular flexibility index (Phi) is 3.61. The average Bonchev–Trinajstić information content (AvgIpc) is 3.36. The number of rotatable bonds is 2. The van der Waals surface area contributed by atoms with Crippen molar-refractivity contribution in [2.75, 3.05) is 13.1 Å². The monoisotopic (exact) mass is 386 g/mol. The van der Waals surface area contributed by atoms with Crippen molar-refractivity contribution < 1.29 is 14.3 Å². The van der Waals surface area contributed by atoms with Gasteiger partial charge in [0.2, 0.25) is 5.91 Å². The highest BCUT2D eigenvalue weighted by atomic mass is 35.5. The number of hydrogen-bond donors (Lipinski definition) is 0. The zero-order chi connectivity index (χ0) is 18.8. The molecule has 3 aliphatic heterocycles. The Morgan fingerprint density at radius 1 is 1.33 bits per heavy atom. The van der Waals surface area contributed by atoms with E-state index in [1.54, 1.807) is 18.1 Å². The van der Waals surface area contributed by atoms with Gasteiger partial charge in [-0.1, -0.05) is 41.9 Å². The molecule has 4 heterocycles. The Hall–Kier alpha value is -2.38. The molecule has 8 heteroatoms. The lowest BCUT2D eigenvalue weighted by Crippen LogP contribution is -2.48. The Labute approximate surface area is 161 Å². The van der Waals surface area contributed by atoms with Crippen molar-refractivity contribution in [3.8, 4) is 0 Å². The molecule has 0 aliphatic carbocycles. The molecule has 7 nitrogen and oxygen atoms in total. The zero-order valence-electron chi connectivity index (χ0n) is 14.8. The van der Waals surface area contributed by atoms with Crippen molar-refractivity contribution in [3.05, 3.63) is 52.8 Å². The van der Waals surface area contributed by atoms with Gasteiger partial charge in [-0.3, -0.25) is 14.3 Å². The predicted molar refractivity (Wildman–Crippen MR) is 97.0 cm³/mol. The van der Waals surface area contributed by atoms with Crippen molar-refractivity contribution in [1.29, 1.82) is 0 Å². The highest BCUT2D eigenvalue weighted by molar-refractivity contribution is 6.33. The fourth-order valence-electron chi connectivity index (χ4n) is 4.65. The summed E-state index contributed by atoms with van der Waals surface area (Å²) >= 11 is 6.16. The first kappa shape index (κ1) is 16.8. The van der Waals surface area contributed by atoms with Gasteiger partial charge in [0.15, 0.2) is 11.4 Å². The predicted octanol–water partition coefficient (Wildman–Crippen LogP) is 1.99. The van der Waals surface area contributed by atoms with E-state index in [2.05, 4.69) is 5.10 Å². The second kappa shape index (κ2) is 5.81. The normalized spacial score (nSPS) is 29.3. The van der Waals surface area contributed by atoms with Gasteiger partial charge in [0.25, 0.3) is 5.91 Å². The number of likely N-dealkylation sites (tertiary alicyclic amines) is 1. The third-order valence-corrected chi connectivity index (χ3v) is 6.12. The number of halogens is 1. The van der Waals surface area contributed by atoms with Crippen LogP contribution in [0.25, 0.3) is 0 Å². The van der Waals surface area contributed by atoms with E-state index >= 15 is 0 Å². The van der Waals surface area contributed by atoms with Crippen LogP contribution in [-0.2, 0) is 16.6 Å². The third-order valence-electron chi connectivity index (χ3n) is 5.85. The molecule has 2 amide bonds. The number of amides is 2. The van der Waals surface area contributed by atoms with Gasteiger partial charge in [-0.25, -0.2) is 0 Å². The Morgan fingerprint density at radius 2 is 2.11 bits per heavy atom. The maximum atomic E-state index is 13.0. The van der Waals surface area contributed by atoms with Gasteiger partial charge >= 0.3 is 0 Å². The number of ether oxygens (including phenoxy) is 1. The van der Waals surface area contributed by atoms with Gasteiger partial charge in [-0.15, -0.1) is 0 Å². The molecule has 27 heavy (non-hydrogen) atoms. The molecular weight excluding hydrogens is 368 g/mol. The summed E-state index contributed by atoms with van der Waals surface area (Å²) in [6, 6.07) is 9.59. The number of benzene rings is 1. The average molecular weight is 387 g/mol. The summed E-state index contributed by atoms with van der Waals surface area (Å²) in [7, 11) is 1.72. The molecule has 0 N–H and O–H groups in total. The number of carbonyl (C=O) groups is 2. The molecule has 1 aromatic heterocycles. The highest BCUT2D eigenvalue weighted by Gasteiger charge is 2.65. The number of hydrogen-bond acceptors (Lipinski definition) is 4. The van der Waals surface area contributed by atoms with E-state index in [4.69, 9.17) is 16.3 Å². The summed E-state index contributed by atoms with van der Waals surface area (Å²) in [6.07, 6.45) is 2.30. The Balaban J connectivity index is 1.46. The lowest BCUT2D eigenvalue weighted by atomic mass is 10.1. The molecule has 3 saturated heterocycles. The number of aryl methyl sites for hydroxylation is 1. The summed E-state index contributed by atoms with van der Waals surface area (Å²) in [4.78, 5) is 29.3. The van der Waals surface area contributed by atoms with Gasteiger partial charge in [-0.2, -0.15) is 5.10 Å². The van der Waals surface area contributed by atoms with Crippen LogP contribution in [0.15, 0.2) is 36.5 Å². The standard InChI is InChI=1S/C19H19ClN4O3/c1-22-10-13(20)17(21-22)18(26)23-8-7-19-15(23)9-16(25)24(19)11-14(27-19)12-5-3-2-4-6-12/h2-6,10,14-15H,7-9,11H2,1H3/t14-,15+,19-/m0/s1. The minimum Gasteiger partial charge on any atom is -0.343 e. The van der Waals surface area contributed by atoms with Gasteiger partial charge in [0.1, 0.15) is 6.10 Å². The third kappa shape index (κ3) is 2.34. The lowest BCUT2D eigenvalue weighted by molar-refractivity contribution is -0.138. The van der Waals surface area contributed by atoms with Gasteiger partial charge < -0.3 is 14.5 Å². The van der Waals surface area contributed by atoms with Crippen molar-refractivity contribution in [2.24, 2.45) is 7.05 Å².